The summed E-state index contributed by atoms with van der Waals surface area (Å²) in [6.07, 6.45) is 0. The van der Waals surface area contributed by atoms with Crippen molar-refractivity contribution in [2.75, 3.05) is 9.80 Å². The Morgan fingerprint density at radius 1 is 0.286 bits per heavy atom. The highest BCUT2D eigenvalue weighted by molar-refractivity contribution is 6.29. The zero-order valence-corrected chi connectivity index (χ0v) is 38.7. The van der Waals surface area contributed by atoms with Crippen LogP contribution in [0.4, 0.5) is 34.1 Å². The van der Waals surface area contributed by atoms with Gasteiger partial charge in [-0.2, -0.15) is 0 Å². The Bertz CT molecular complexity index is 4020. The molecular formula is C66H44N2O2. The first-order chi connectivity index (χ1) is 34.6. The van der Waals surface area contributed by atoms with Crippen LogP contribution in [0, 0.1) is 13.8 Å². The van der Waals surface area contributed by atoms with Crippen LogP contribution >= 0.6 is 0 Å². The fourth-order valence-corrected chi connectivity index (χ4v) is 11.1. The van der Waals surface area contributed by atoms with Gasteiger partial charge in [0.25, 0.3) is 0 Å². The van der Waals surface area contributed by atoms with E-state index in [2.05, 4.69) is 242 Å². The standard InChI is InChI=1S/C66H44N2O2/c1-41-21-35-53-51-17-9-11-19-59(51)69-65(53)63(41)67(49-31-23-45(24-32-49)43-13-5-3-6-14-43)57-39-29-47-28-38-56-58(40-30-48-27-37-55(57)61(47)62(48)56)68(50-33-25-46(26-34-50)44-15-7-4-8-16-44)64-42(2)22-36-54-52-18-10-12-20-60(52)70-66(54)64/h3-40H,1-2H3. The number of fused-ring (bicyclic) bond motifs is 6. The summed E-state index contributed by atoms with van der Waals surface area (Å²) in [5.41, 5.74) is 16.7. The highest BCUT2D eigenvalue weighted by atomic mass is 16.3. The van der Waals surface area contributed by atoms with Crippen LogP contribution in [-0.4, -0.2) is 0 Å². The molecule has 2 heterocycles. The largest absolute Gasteiger partial charge is 0.454 e. The highest BCUT2D eigenvalue weighted by Gasteiger charge is 2.27. The van der Waals surface area contributed by atoms with Gasteiger partial charge in [-0.25, -0.2) is 0 Å². The molecule has 4 nitrogen and oxygen atoms in total. The van der Waals surface area contributed by atoms with Gasteiger partial charge in [0, 0.05) is 43.7 Å². The molecule has 0 aliphatic heterocycles. The van der Waals surface area contributed by atoms with E-state index in [1.807, 2.05) is 12.1 Å². The van der Waals surface area contributed by atoms with Gasteiger partial charge in [0.05, 0.1) is 22.7 Å². The molecule has 0 N–H and O–H groups in total. The molecule has 0 aliphatic carbocycles. The summed E-state index contributed by atoms with van der Waals surface area (Å²) in [5.74, 6) is 0. The SMILES string of the molecule is Cc1ccc2c(oc3ccccc32)c1N(c1ccc(-c2ccccc2)cc1)c1ccc2ccc3c(N(c4ccc(-c5ccccc5)cc4)c4c(C)ccc5c4oc4ccccc45)ccc4ccc1c2c43. The van der Waals surface area contributed by atoms with E-state index in [-0.39, 0.29) is 0 Å². The zero-order chi connectivity index (χ0) is 46.5. The van der Waals surface area contributed by atoms with Crippen molar-refractivity contribution < 1.29 is 8.83 Å². The van der Waals surface area contributed by atoms with Gasteiger partial charge in [0.2, 0.25) is 0 Å². The lowest BCUT2D eigenvalue weighted by Crippen LogP contribution is -2.13. The average molecular weight is 897 g/mol. The van der Waals surface area contributed by atoms with Crippen LogP contribution in [0.3, 0.4) is 0 Å². The molecule has 0 aliphatic rings. The number of benzene rings is 12. The smallest absolute Gasteiger partial charge is 0.159 e. The normalized spacial score (nSPS) is 11.9. The Balaban J connectivity index is 1.02. The van der Waals surface area contributed by atoms with Crippen LogP contribution in [0.2, 0.25) is 0 Å². The summed E-state index contributed by atoms with van der Waals surface area (Å²) in [6, 6.07) is 83.1. The van der Waals surface area contributed by atoms with Gasteiger partial charge in [-0.3, -0.25) is 0 Å². The monoisotopic (exact) mass is 896 g/mol. The third-order valence-corrected chi connectivity index (χ3v) is 14.5. The summed E-state index contributed by atoms with van der Waals surface area (Å²) >= 11 is 0. The number of anilines is 6. The third kappa shape index (κ3) is 6.16. The van der Waals surface area contributed by atoms with Crippen molar-refractivity contribution in [1.29, 1.82) is 0 Å². The minimum atomic E-state index is 0.866. The Kier molecular flexibility index (Phi) is 8.99. The van der Waals surface area contributed by atoms with Crippen LogP contribution in [0.1, 0.15) is 11.1 Å². The van der Waals surface area contributed by atoms with E-state index in [1.54, 1.807) is 0 Å². The van der Waals surface area contributed by atoms with Gasteiger partial charge < -0.3 is 18.6 Å². The van der Waals surface area contributed by atoms with E-state index >= 15 is 0 Å². The number of para-hydroxylation sites is 2. The summed E-state index contributed by atoms with van der Waals surface area (Å²) < 4.78 is 13.7. The topological polar surface area (TPSA) is 32.8 Å². The molecule has 14 aromatic rings. The van der Waals surface area contributed by atoms with Crippen LogP contribution in [0.25, 0.3) is 98.4 Å². The summed E-state index contributed by atoms with van der Waals surface area (Å²) in [4.78, 5) is 4.85. The van der Waals surface area contributed by atoms with E-state index in [4.69, 9.17) is 8.83 Å². The summed E-state index contributed by atoms with van der Waals surface area (Å²) in [6.45, 7) is 4.39. The van der Waals surface area contributed by atoms with E-state index in [0.717, 1.165) is 99.9 Å². The maximum absolute atomic E-state index is 6.87. The Morgan fingerprint density at radius 3 is 1.07 bits per heavy atom. The van der Waals surface area contributed by atoms with Gasteiger partial charge in [0.15, 0.2) is 11.2 Å². The summed E-state index contributed by atoms with van der Waals surface area (Å²) in [5, 5.41) is 11.5. The molecule has 70 heavy (non-hydrogen) atoms. The molecule has 0 atom stereocenters. The second-order valence-corrected chi connectivity index (χ2v) is 18.5. The Hall–Kier alpha value is -9.12. The van der Waals surface area contributed by atoms with E-state index in [1.165, 1.54) is 43.8 Å². The van der Waals surface area contributed by atoms with Crippen LogP contribution in [0.5, 0.6) is 0 Å². The molecule has 330 valence electrons. The number of hydrogen-bond donors (Lipinski definition) is 0. The first-order valence-corrected chi connectivity index (χ1v) is 24.0. The lowest BCUT2D eigenvalue weighted by Gasteiger charge is -2.30. The molecule has 12 aromatic carbocycles. The molecule has 2 aromatic heterocycles. The fraction of sp³-hybridized carbons (Fsp3) is 0.0303. The fourth-order valence-electron chi connectivity index (χ4n) is 11.1. The summed E-state index contributed by atoms with van der Waals surface area (Å²) in [7, 11) is 0. The van der Waals surface area contributed by atoms with Gasteiger partial charge >= 0.3 is 0 Å². The molecule has 0 saturated carbocycles. The number of rotatable bonds is 8. The van der Waals surface area contributed by atoms with E-state index in [9.17, 15) is 0 Å². The van der Waals surface area contributed by atoms with Crippen LogP contribution in [-0.2, 0) is 0 Å². The number of aryl methyl sites for hydroxylation is 2. The van der Waals surface area contributed by atoms with Crippen molar-refractivity contribution in [3.05, 3.63) is 242 Å². The van der Waals surface area contributed by atoms with Gasteiger partial charge in [0.1, 0.15) is 11.2 Å². The van der Waals surface area contributed by atoms with Crippen LogP contribution < -0.4 is 9.80 Å². The minimum absolute atomic E-state index is 0.866. The second kappa shape index (κ2) is 15.7. The van der Waals surface area contributed by atoms with Gasteiger partial charge in [-0.1, -0.05) is 182 Å². The maximum atomic E-state index is 6.87. The Labute approximate surface area is 404 Å². The minimum Gasteiger partial charge on any atom is -0.454 e. The van der Waals surface area contributed by atoms with Crippen molar-refractivity contribution in [2.45, 2.75) is 13.8 Å². The van der Waals surface area contributed by atoms with Crippen molar-refractivity contribution in [1.82, 2.24) is 0 Å². The maximum Gasteiger partial charge on any atom is 0.159 e. The van der Waals surface area contributed by atoms with E-state index < -0.39 is 0 Å². The molecule has 0 amide bonds. The lowest BCUT2D eigenvalue weighted by atomic mass is 9.91. The molecule has 4 heteroatoms. The van der Waals surface area contributed by atoms with Gasteiger partial charge in [-0.15, -0.1) is 0 Å². The molecular weight excluding hydrogens is 853 g/mol. The van der Waals surface area contributed by atoms with E-state index in [0.29, 0.717) is 0 Å². The molecule has 0 fully saturated rings. The quantitative estimate of drug-likeness (QED) is 0.142. The van der Waals surface area contributed by atoms with Crippen molar-refractivity contribution in [3.8, 4) is 22.3 Å². The molecule has 0 bridgehead atoms. The first kappa shape index (κ1) is 40.0. The lowest BCUT2D eigenvalue weighted by molar-refractivity contribution is 0.668. The molecule has 0 saturated heterocycles. The predicted octanol–water partition coefficient (Wildman–Crippen LogP) is 19.3. The molecule has 0 spiro atoms. The molecule has 14 rings (SSSR count). The van der Waals surface area contributed by atoms with Crippen molar-refractivity contribution in [3.63, 3.8) is 0 Å². The van der Waals surface area contributed by atoms with Crippen molar-refractivity contribution in [2.24, 2.45) is 0 Å². The average Bonchev–Trinajstić information content (AvgIpc) is 3.99. The number of furan rings is 2. The first-order valence-electron chi connectivity index (χ1n) is 24.0. The predicted molar refractivity (Wildman–Crippen MR) is 294 cm³/mol. The number of nitrogens with zero attached hydrogens (tertiary/aromatic N) is 2. The zero-order valence-electron chi connectivity index (χ0n) is 38.7. The van der Waals surface area contributed by atoms with Gasteiger partial charge in [-0.05, 0) is 117 Å². The van der Waals surface area contributed by atoms with Crippen molar-refractivity contribution >= 4 is 110 Å². The number of hydrogen-bond acceptors (Lipinski definition) is 4. The Morgan fingerprint density at radius 2 is 0.643 bits per heavy atom. The van der Waals surface area contributed by atoms with Crippen LogP contribution in [0.15, 0.2) is 239 Å². The second-order valence-electron chi connectivity index (χ2n) is 18.5. The molecule has 0 unspecified atom stereocenters. The molecule has 0 radical (unpaired) electrons. The third-order valence-electron chi connectivity index (χ3n) is 14.5. The highest BCUT2D eigenvalue weighted by Crippen LogP contribution is 2.51.